The number of carbonyl (C=O) groups excluding carboxylic acids is 1. The number of alkyl halides is 3. The summed E-state index contributed by atoms with van der Waals surface area (Å²) in [7, 11) is -3.20. The van der Waals surface area contributed by atoms with E-state index in [0.29, 0.717) is 0 Å². The normalized spacial score (nSPS) is 11.9. The van der Waals surface area contributed by atoms with Crippen LogP contribution in [0.1, 0.15) is 16.2 Å². The van der Waals surface area contributed by atoms with E-state index < -0.39 is 49.8 Å². The highest BCUT2D eigenvalue weighted by molar-refractivity contribution is 7.89. The van der Waals surface area contributed by atoms with Crippen LogP contribution in [-0.4, -0.2) is 36.4 Å². The molecule has 0 spiro atoms. The molecule has 26 heavy (non-hydrogen) atoms. The maximum atomic E-state index is 12.8. The van der Waals surface area contributed by atoms with Gasteiger partial charge in [-0.1, -0.05) is 17.7 Å². The van der Waals surface area contributed by atoms with Crippen molar-refractivity contribution in [1.29, 1.82) is 0 Å². The second-order valence-corrected chi connectivity index (χ2v) is 6.49. The smallest absolute Gasteiger partial charge is 0.451 e. The predicted molar refractivity (Wildman–Crippen MR) is 82.2 cm³/mol. The number of hydrogen-bond donors (Lipinski definition) is 2. The fourth-order valence-corrected chi connectivity index (χ4v) is 2.87. The number of rotatable bonds is 4. The Balaban J connectivity index is 2.43. The minimum absolute atomic E-state index is 0.369. The third-order valence-electron chi connectivity index (χ3n) is 2.79. The zero-order valence-corrected chi connectivity index (χ0v) is 14.3. The van der Waals surface area contributed by atoms with Crippen molar-refractivity contribution in [3.63, 3.8) is 0 Å². The van der Waals surface area contributed by atoms with Gasteiger partial charge in [-0.2, -0.15) is 28.1 Å². The Kier molecular flexibility index (Phi) is 5.34. The second kappa shape index (κ2) is 7.01. The minimum Gasteiger partial charge on any atom is -0.467 e. The number of amides is 1. The Morgan fingerprint density at radius 2 is 1.92 bits per heavy atom. The van der Waals surface area contributed by atoms with Crippen LogP contribution in [-0.2, 0) is 16.2 Å². The first kappa shape index (κ1) is 19.8. The van der Waals surface area contributed by atoms with Gasteiger partial charge >= 0.3 is 12.2 Å². The van der Waals surface area contributed by atoms with Crippen molar-refractivity contribution in [3.05, 3.63) is 34.6 Å². The molecule has 0 aliphatic carbocycles. The second-order valence-electron chi connectivity index (χ2n) is 4.58. The fourth-order valence-electron chi connectivity index (χ4n) is 1.71. The summed E-state index contributed by atoms with van der Waals surface area (Å²) >= 11 is 5.84. The van der Waals surface area contributed by atoms with Crippen LogP contribution in [0.25, 0.3) is 0 Å². The molecule has 0 fully saturated rings. The molecular weight excluding hydrogens is 403 g/mol. The highest BCUT2D eigenvalue weighted by atomic mass is 35.5. The van der Waals surface area contributed by atoms with Crippen LogP contribution in [0, 0.1) is 0 Å². The monoisotopic (exact) mass is 411 g/mol. The third kappa shape index (κ3) is 4.36. The largest absolute Gasteiger partial charge is 0.467 e. The first-order chi connectivity index (χ1) is 11.9. The molecule has 0 radical (unpaired) electrons. The molecule has 0 aliphatic heterocycles. The molecule has 0 unspecified atom stereocenters. The topological polar surface area (TPSA) is 137 Å². The van der Waals surface area contributed by atoms with E-state index in [1.165, 1.54) is 6.07 Å². The zero-order valence-electron chi connectivity index (χ0n) is 12.7. The minimum atomic E-state index is -4.92. The van der Waals surface area contributed by atoms with Gasteiger partial charge in [-0.3, -0.25) is 10.1 Å². The lowest BCUT2D eigenvalue weighted by atomic mass is 10.2. The zero-order chi connectivity index (χ0) is 19.7. The number of carbonyl (C=O) groups is 1. The molecule has 14 heteroatoms. The molecule has 0 atom stereocenters. The van der Waals surface area contributed by atoms with Gasteiger partial charge in [0, 0.05) is 0 Å². The molecule has 2 rings (SSSR count). The number of hydrogen-bond acceptors (Lipinski definition) is 7. The molecule has 1 aromatic carbocycles. The number of nitrogens with two attached hydrogens (primary N) is 1. The molecule has 3 N–H and O–H groups in total. The molecule has 0 bridgehead atoms. The molecule has 1 heterocycles. The van der Waals surface area contributed by atoms with Gasteiger partial charge in [0.1, 0.15) is 4.90 Å². The molecular formula is C12H9ClF3N5O4S. The maximum Gasteiger partial charge on any atom is 0.451 e. The number of nitrogens with zero attached hydrogens (tertiary/aromatic N) is 3. The Morgan fingerprint density at radius 3 is 2.46 bits per heavy atom. The first-order valence-electron chi connectivity index (χ1n) is 6.43. The van der Waals surface area contributed by atoms with Gasteiger partial charge < -0.3 is 4.74 Å². The van der Waals surface area contributed by atoms with E-state index >= 15 is 0 Å². The number of benzene rings is 1. The lowest BCUT2D eigenvalue weighted by Gasteiger charge is -2.10. The van der Waals surface area contributed by atoms with Gasteiger partial charge in [0.05, 0.1) is 17.7 Å². The lowest BCUT2D eigenvalue weighted by Crippen LogP contribution is -2.20. The number of halogens is 4. The Bertz CT molecular complexity index is 968. The van der Waals surface area contributed by atoms with Crippen LogP contribution in [0.5, 0.6) is 6.01 Å². The SMILES string of the molecule is COc1nc(NC(=O)c2cccc(S(N)(=O)=O)c2Cl)nc(C(F)(F)F)n1. The van der Waals surface area contributed by atoms with E-state index in [0.717, 1.165) is 19.2 Å². The number of anilines is 1. The molecule has 0 saturated carbocycles. The van der Waals surface area contributed by atoms with Gasteiger partial charge in [0.15, 0.2) is 0 Å². The van der Waals surface area contributed by atoms with E-state index in [9.17, 15) is 26.4 Å². The van der Waals surface area contributed by atoms with Gasteiger partial charge in [-0.05, 0) is 12.1 Å². The van der Waals surface area contributed by atoms with E-state index in [4.69, 9.17) is 16.7 Å². The van der Waals surface area contributed by atoms with Crippen molar-refractivity contribution < 1.29 is 31.1 Å². The number of aromatic nitrogens is 3. The number of ether oxygens (including phenoxy) is 1. The molecule has 0 aliphatic rings. The molecule has 0 saturated heterocycles. The van der Waals surface area contributed by atoms with Gasteiger partial charge in [0.2, 0.25) is 21.8 Å². The summed E-state index contributed by atoms with van der Waals surface area (Å²) in [6, 6.07) is 2.68. The molecule has 1 amide bonds. The van der Waals surface area contributed by atoms with Crippen molar-refractivity contribution in [2.45, 2.75) is 11.1 Å². The highest BCUT2D eigenvalue weighted by Gasteiger charge is 2.36. The van der Waals surface area contributed by atoms with Crippen molar-refractivity contribution in [1.82, 2.24) is 15.0 Å². The molecule has 1 aromatic heterocycles. The van der Waals surface area contributed by atoms with Gasteiger partial charge in [0.25, 0.3) is 5.91 Å². The van der Waals surface area contributed by atoms with E-state index in [-0.39, 0.29) is 5.56 Å². The maximum absolute atomic E-state index is 12.8. The van der Waals surface area contributed by atoms with Crippen LogP contribution in [0.15, 0.2) is 23.1 Å². The van der Waals surface area contributed by atoms with E-state index in [2.05, 4.69) is 19.7 Å². The summed E-state index contributed by atoms with van der Waals surface area (Å²) in [6.45, 7) is 0. The van der Waals surface area contributed by atoms with Crippen molar-refractivity contribution in [3.8, 4) is 6.01 Å². The van der Waals surface area contributed by atoms with Crippen LogP contribution in [0.3, 0.4) is 0 Å². The summed E-state index contributed by atoms with van der Waals surface area (Å²) < 4.78 is 65.7. The Hall–Kier alpha value is -2.51. The summed E-state index contributed by atoms with van der Waals surface area (Å²) in [5.74, 6) is -3.43. The van der Waals surface area contributed by atoms with Gasteiger partial charge in [-0.15, -0.1) is 0 Å². The van der Waals surface area contributed by atoms with Crippen LogP contribution in [0.2, 0.25) is 5.02 Å². The van der Waals surface area contributed by atoms with E-state index in [1.807, 2.05) is 5.32 Å². The third-order valence-corrected chi connectivity index (χ3v) is 4.26. The van der Waals surface area contributed by atoms with Gasteiger partial charge in [-0.25, -0.2) is 13.6 Å². The number of methoxy groups -OCH3 is 1. The van der Waals surface area contributed by atoms with E-state index in [1.54, 1.807) is 0 Å². The number of sulfonamides is 1. The average Bonchev–Trinajstić information content (AvgIpc) is 2.52. The van der Waals surface area contributed by atoms with Crippen LogP contribution < -0.4 is 15.2 Å². The fraction of sp³-hybridized carbons (Fsp3) is 0.167. The summed E-state index contributed by atoms with van der Waals surface area (Å²) in [4.78, 5) is 21.3. The number of nitrogens with one attached hydrogen (secondary N) is 1. The van der Waals surface area contributed by atoms with Crippen molar-refractivity contribution in [2.24, 2.45) is 5.14 Å². The molecule has 2 aromatic rings. The summed E-state index contributed by atoms with van der Waals surface area (Å²) in [5, 5.41) is 6.42. The molecule has 9 nitrogen and oxygen atoms in total. The summed E-state index contributed by atoms with van der Waals surface area (Å²) in [6.07, 6.45) is -4.92. The van der Waals surface area contributed by atoms with Crippen molar-refractivity contribution >= 4 is 33.5 Å². The van der Waals surface area contributed by atoms with Crippen molar-refractivity contribution in [2.75, 3.05) is 12.4 Å². The standard InChI is InChI=1S/C12H9ClF3N5O4S/c1-25-11-20-9(12(14,15)16)19-10(21-11)18-8(22)5-3-2-4-6(7(5)13)26(17,23)24/h2-4H,1H3,(H2,17,23,24)(H,18,19,20,21,22). The van der Waals surface area contributed by atoms with Crippen LogP contribution >= 0.6 is 11.6 Å². The Labute approximate surface area is 149 Å². The first-order valence-corrected chi connectivity index (χ1v) is 8.36. The highest BCUT2D eigenvalue weighted by Crippen LogP contribution is 2.28. The predicted octanol–water partition coefficient (Wildman–Crippen LogP) is 1.45. The van der Waals surface area contributed by atoms with Crippen LogP contribution in [0.4, 0.5) is 19.1 Å². The number of primary sulfonamides is 1. The summed E-state index contributed by atoms with van der Waals surface area (Å²) in [5.41, 5.74) is -0.369. The quantitative estimate of drug-likeness (QED) is 0.776. The Morgan fingerprint density at radius 1 is 1.27 bits per heavy atom. The molecule has 140 valence electrons. The lowest BCUT2D eigenvalue weighted by molar-refractivity contribution is -0.145. The average molecular weight is 412 g/mol.